The number of nitrogens with zero attached hydrogens (tertiary/aromatic N) is 2. The molecule has 2 fully saturated rings. The van der Waals surface area contributed by atoms with E-state index < -0.39 is 12.1 Å². The first-order chi connectivity index (χ1) is 14.5. The maximum atomic E-state index is 12.9. The number of rotatable bonds is 5. The summed E-state index contributed by atoms with van der Waals surface area (Å²) in [6.45, 7) is 2.19. The van der Waals surface area contributed by atoms with Crippen molar-refractivity contribution < 1.29 is 23.9 Å². The Morgan fingerprint density at radius 3 is 2.43 bits per heavy atom. The highest BCUT2D eigenvalue weighted by molar-refractivity contribution is 6.05. The number of hydrogen-bond donors (Lipinski definition) is 0. The molecule has 0 spiro atoms. The summed E-state index contributed by atoms with van der Waals surface area (Å²) in [4.78, 5) is 53.1. The predicted octanol–water partition coefficient (Wildman–Crippen LogP) is 2.46. The lowest BCUT2D eigenvalue weighted by atomic mass is 9.81. The minimum absolute atomic E-state index is 0.0248. The Morgan fingerprint density at radius 1 is 1.07 bits per heavy atom. The highest BCUT2D eigenvalue weighted by Gasteiger charge is 2.47. The molecule has 0 unspecified atom stereocenters. The van der Waals surface area contributed by atoms with Gasteiger partial charge >= 0.3 is 5.97 Å². The van der Waals surface area contributed by atoms with E-state index in [0.717, 1.165) is 49.8 Å². The molecular formula is C23H28N2O5. The Balaban J connectivity index is 1.32. The molecule has 3 amide bonds. The third-order valence-corrected chi connectivity index (χ3v) is 6.50. The van der Waals surface area contributed by atoms with E-state index in [1.807, 2.05) is 24.3 Å². The summed E-state index contributed by atoms with van der Waals surface area (Å²) < 4.78 is 5.35. The number of imide groups is 1. The summed E-state index contributed by atoms with van der Waals surface area (Å²) in [5.41, 5.74) is 1.98. The lowest BCUT2D eigenvalue weighted by Gasteiger charge is -2.31. The molecule has 1 aromatic carbocycles. The minimum Gasteiger partial charge on any atom is -0.452 e. The van der Waals surface area contributed by atoms with E-state index in [1.54, 1.807) is 11.8 Å². The Kier molecular flexibility index (Phi) is 5.88. The van der Waals surface area contributed by atoms with Gasteiger partial charge in [-0.3, -0.25) is 24.1 Å². The van der Waals surface area contributed by atoms with Crippen molar-refractivity contribution in [1.29, 1.82) is 0 Å². The molecule has 2 heterocycles. The molecule has 1 saturated carbocycles. The molecule has 2 aliphatic heterocycles. The number of likely N-dealkylation sites (tertiary alicyclic amines) is 1. The predicted molar refractivity (Wildman–Crippen MR) is 109 cm³/mol. The van der Waals surface area contributed by atoms with Crippen LogP contribution in [0.1, 0.15) is 51.0 Å². The Hall–Kier alpha value is -2.70. The number of benzene rings is 1. The summed E-state index contributed by atoms with van der Waals surface area (Å²) in [5, 5.41) is 0. The molecule has 4 rings (SSSR count). The van der Waals surface area contributed by atoms with Crippen LogP contribution in [0, 0.1) is 11.8 Å². The molecule has 0 aromatic heterocycles. The SMILES string of the molecule is C[C@H](OC(=O)CCN1C(=O)[C@H]2CCCC[C@@H]2C1=O)C(=O)N1CCCc2ccccc21. The van der Waals surface area contributed by atoms with Crippen molar-refractivity contribution in [2.45, 2.75) is 58.0 Å². The first kappa shape index (κ1) is 20.6. The fourth-order valence-corrected chi connectivity index (χ4v) is 4.94. The number of carbonyl (C=O) groups excluding carboxylic acids is 4. The summed E-state index contributed by atoms with van der Waals surface area (Å²) in [6, 6.07) is 7.76. The molecule has 7 heteroatoms. The number of esters is 1. The van der Waals surface area contributed by atoms with E-state index in [9.17, 15) is 19.2 Å². The zero-order chi connectivity index (χ0) is 21.3. The van der Waals surface area contributed by atoms with Crippen LogP contribution in [0.3, 0.4) is 0 Å². The molecule has 160 valence electrons. The average molecular weight is 412 g/mol. The molecule has 30 heavy (non-hydrogen) atoms. The van der Waals surface area contributed by atoms with E-state index in [0.29, 0.717) is 6.54 Å². The summed E-state index contributed by atoms with van der Waals surface area (Å²) >= 11 is 0. The fourth-order valence-electron chi connectivity index (χ4n) is 4.94. The van der Waals surface area contributed by atoms with Gasteiger partial charge in [0.1, 0.15) is 0 Å². The third kappa shape index (κ3) is 3.85. The van der Waals surface area contributed by atoms with E-state index in [-0.39, 0.29) is 42.5 Å². The molecule has 7 nitrogen and oxygen atoms in total. The van der Waals surface area contributed by atoms with Gasteiger partial charge in [0.05, 0.1) is 18.3 Å². The Labute approximate surface area is 176 Å². The number of anilines is 1. The first-order valence-electron chi connectivity index (χ1n) is 10.9. The van der Waals surface area contributed by atoms with Gasteiger partial charge in [-0.2, -0.15) is 0 Å². The number of fused-ring (bicyclic) bond motifs is 2. The van der Waals surface area contributed by atoms with E-state index in [4.69, 9.17) is 4.74 Å². The lowest BCUT2D eigenvalue weighted by molar-refractivity contribution is -0.154. The zero-order valence-electron chi connectivity index (χ0n) is 17.3. The van der Waals surface area contributed by atoms with Crippen LogP contribution in [0.5, 0.6) is 0 Å². The minimum atomic E-state index is -0.920. The maximum absolute atomic E-state index is 12.9. The van der Waals surface area contributed by atoms with E-state index >= 15 is 0 Å². The Morgan fingerprint density at radius 2 is 1.73 bits per heavy atom. The van der Waals surface area contributed by atoms with Gasteiger partial charge in [-0.15, -0.1) is 0 Å². The largest absolute Gasteiger partial charge is 0.452 e. The quantitative estimate of drug-likeness (QED) is 0.548. The molecular weight excluding hydrogens is 384 g/mol. The average Bonchev–Trinajstić information content (AvgIpc) is 3.01. The topological polar surface area (TPSA) is 84.0 Å². The summed E-state index contributed by atoms with van der Waals surface area (Å²) in [5.74, 6) is -1.59. The number of carbonyl (C=O) groups is 4. The number of amides is 3. The van der Waals surface area contributed by atoms with Crippen LogP contribution in [0.15, 0.2) is 24.3 Å². The summed E-state index contributed by atoms with van der Waals surface area (Å²) in [6.07, 6.45) is 4.21. The van der Waals surface area contributed by atoms with Gasteiger partial charge in [0.25, 0.3) is 5.91 Å². The van der Waals surface area contributed by atoms with Crippen molar-refractivity contribution in [2.75, 3.05) is 18.0 Å². The monoisotopic (exact) mass is 412 g/mol. The van der Waals surface area contributed by atoms with Crippen molar-refractivity contribution in [2.24, 2.45) is 11.8 Å². The van der Waals surface area contributed by atoms with Crippen LogP contribution in [0.4, 0.5) is 5.69 Å². The lowest BCUT2D eigenvalue weighted by Crippen LogP contribution is -2.43. The van der Waals surface area contributed by atoms with Crippen molar-refractivity contribution in [1.82, 2.24) is 4.90 Å². The first-order valence-corrected chi connectivity index (χ1v) is 10.9. The van der Waals surface area contributed by atoms with E-state index in [2.05, 4.69) is 0 Å². The van der Waals surface area contributed by atoms with E-state index in [1.165, 1.54) is 4.90 Å². The van der Waals surface area contributed by atoms with Gasteiger partial charge in [0.2, 0.25) is 11.8 Å². The van der Waals surface area contributed by atoms with Crippen molar-refractivity contribution in [3.8, 4) is 0 Å². The van der Waals surface area contributed by atoms with Gasteiger partial charge in [-0.25, -0.2) is 0 Å². The molecule has 1 aliphatic carbocycles. The van der Waals surface area contributed by atoms with Gasteiger partial charge in [-0.1, -0.05) is 31.0 Å². The Bertz CT molecular complexity index is 843. The molecule has 0 bridgehead atoms. The van der Waals surface area contributed by atoms with Gasteiger partial charge in [-0.05, 0) is 44.2 Å². The number of para-hydroxylation sites is 1. The highest BCUT2D eigenvalue weighted by atomic mass is 16.5. The molecule has 0 N–H and O–H groups in total. The zero-order valence-corrected chi connectivity index (χ0v) is 17.3. The van der Waals surface area contributed by atoms with Crippen LogP contribution in [-0.4, -0.2) is 47.8 Å². The molecule has 1 saturated heterocycles. The van der Waals surface area contributed by atoms with Gasteiger partial charge in [0, 0.05) is 18.8 Å². The van der Waals surface area contributed by atoms with Crippen LogP contribution < -0.4 is 4.90 Å². The normalized spacial score (nSPS) is 24.3. The standard InChI is InChI=1S/C23H28N2O5/c1-15(21(27)24-13-6-8-16-7-2-5-11-19(16)24)30-20(26)12-14-25-22(28)17-9-3-4-10-18(17)23(25)29/h2,5,7,11,15,17-18H,3-4,6,8-10,12-14H2,1H3/t15-,17-,18-/m0/s1. The summed E-state index contributed by atoms with van der Waals surface area (Å²) in [7, 11) is 0. The second-order valence-corrected chi connectivity index (χ2v) is 8.43. The van der Waals surface area contributed by atoms with Gasteiger partial charge in [0.15, 0.2) is 6.10 Å². The van der Waals surface area contributed by atoms with Crippen molar-refractivity contribution in [3.63, 3.8) is 0 Å². The fraction of sp³-hybridized carbons (Fsp3) is 0.565. The molecule has 3 aliphatic rings. The van der Waals surface area contributed by atoms with Crippen molar-refractivity contribution >= 4 is 29.4 Å². The van der Waals surface area contributed by atoms with Gasteiger partial charge < -0.3 is 9.64 Å². The smallest absolute Gasteiger partial charge is 0.308 e. The molecule has 3 atom stereocenters. The molecule has 1 aromatic rings. The van der Waals surface area contributed by atoms with Crippen LogP contribution in [-0.2, 0) is 30.3 Å². The van der Waals surface area contributed by atoms with Crippen LogP contribution >= 0.6 is 0 Å². The second kappa shape index (κ2) is 8.58. The van der Waals surface area contributed by atoms with Crippen LogP contribution in [0.2, 0.25) is 0 Å². The second-order valence-electron chi connectivity index (χ2n) is 8.43. The van der Waals surface area contributed by atoms with Crippen molar-refractivity contribution in [3.05, 3.63) is 29.8 Å². The van der Waals surface area contributed by atoms with Crippen LogP contribution in [0.25, 0.3) is 0 Å². The number of aryl methyl sites for hydroxylation is 1. The maximum Gasteiger partial charge on any atom is 0.308 e. The molecule has 0 radical (unpaired) electrons. The third-order valence-electron chi connectivity index (χ3n) is 6.50. The number of hydrogen-bond acceptors (Lipinski definition) is 5. The number of ether oxygens (including phenoxy) is 1. The highest BCUT2D eigenvalue weighted by Crippen LogP contribution is 2.38.